The van der Waals surface area contributed by atoms with Crippen molar-refractivity contribution in [1.82, 2.24) is 4.90 Å². The second kappa shape index (κ2) is 8.34. The summed E-state index contributed by atoms with van der Waals surface area (Å²) >= 11 is 0. The first-order valence-corrected chi connectivity index (χ1v) is 8.94. The van der Waals surface area contributed by atoms with Crippen molar-refractivity contribution in [2.75, 3.05) is 18.9 Å². The number of nitrogens with two attached hydrogens (primary N) is 1. The summed E-state index contributed by atoms with van der Waals surface area (Å²) in [5.74, 6) is 0.837. The molecule has 0 spiro atoms. The van der Waals surface area contributed by atoms with Crippen LogP contribution >= 0.6 is 0 Å². The molecule has 1 fully saturated rings. The summed E-state index contributed by atoms with van der Waals surface area (Å²) in [6.07, 6.45) is 5.60. The lowest BCUT2D eigenvalue weighted by Crippen LogP contribution is -2.49. The lowest BCUT2D eigenvalue weighted by molar-refractivity contribution is 0.0611. The molecular weight excluding hydrogens is 288 g/mol. The van der Waals surface area contributed by atoms with Gasteiger partial charge in [0.15, 0.2) is 5.78 Å². The van der Waals surface area contributed by atoms with Crippen LogP contribution in [0.2, 0.25) is 0 Å². The van der Waals surface area contributed by atoms with Crippen molar-refractivity contribution in [2.45, 2.75) is 65.0 Å². The van der Waals surface area contributed by atoms with Crippen LogP contribution in [0.1, 0.15) is 63.2 Å². The number of likely N-dealkylation sites (tertiary alicyclic amines) is 1. The van der Waals surface area contributed by atoms with Gasteiger partial charge in [0.05, 0.1) is 18.3 Å². The van der Waals surface area contributed by atoms with E-state index in [0.717, 1.165) is 19.4 Å². The number of nitrogens with zero attached hydrogens (tertiary/aromatic N) is 1. The van der Waals surface area contributed by atoms with Gasteiger partial charge in [0.25, 0.3) is 0 Å². The highest BCUT2D eigenvalue weighted by Gasteiger charge is 2.31. The second-order valence-corrected chi connectivity index (χ2v) is 6.27. The molecule has 4 heteroatoms. The van der Waals surface area contributed by atoms with Gasteiger partial charge in [-0.3, -0.25) is 9.69 Å². The molecule has 128 valence electrons. The Kier molecular flexibility index (Phi) is 6.46. The molecule has 1 aliphatic heterocycles. The van der Waals surface area contributed by atoms with Crippen molar-refractivity contribution in [3.8, 4) is 5.75 Å². The molecule has 2 rings (SSSR count). The third kappa shape index (κ3) is 4.05. The Bertz CT molecular complexity index is 530. The molecule has 2 unspecified atom stereocenters. The lowest BCUT2D eigenvalue weighted by Gasteiger charge is -2.40. The average molecular weight is 318 g/mol. The Morgan fingerprint density at radius 1 is 1.35 bits per heavy atom. The smallest absolute Gasteiger partial charge is 0.180 e. The van der Waals surface area contributed by atoms with Crippen LogP contribution in [-0.2, 0) is 0 Å². The molecule has 1 aromatic carbocycles. The van der Waals surface area contributed by atoms with Gasteiger partial charge in [-0.25, -0.2) is 0 Å². The topological polar surface area (TPSA) is 55.6 Å². The van der Waals surface area contributed by atoms with Crippen molar-refractivity contribution < 1.29 is 9.53 Å². The second-order valence-electron chi connectivity index (χ2n) is 6.27. The first kappa shape index (κ1) is 17.8. The lowest BCUT2D eigenvalue weighted by atomic mass is 9.93. The van der Waals surface area contributed by atoms with E-state index in [4.69, 9.17) is 10.5 Å². The number of piperidine rings is 1. The van der Waals surface area contributed by atoms with E-state index in [9.17, 15) is 4.79 Å². The SMILES string of the molecule is CCOc1ccc(C(=O)C(CC)N2CCCCC2CC)cc1N. The van der Waals surface area contributed by atoms with Crippen molar-refractivity contribution in [2.24, 2.45) is 0 Å². The molecule has 0 aliphatic carbocycles. The van der Waals surface area contributed by atoms with Gasteiger partial charge in [0.1, 0.15) is 5.75 Å². The molecule has 1 aliphatic rings. The average Bonchev–Trinajstić information content (AvgIpc) is 2.58. The monoisotopic (exact) mass is 318 g/mol. The Morgan fingerprint density at radius 3 is 2.74 bits per heavy atom. The molecule has 0 radical (unpaired) electrons. The van der Waals surface area contributed by atoms with Gasteiger partial charge < -0.3 is 10.5 Å². The highest BCUT2D eigenvalue weighted by molar-refractivity contribution is 6.01. The Labute approximate surface area is 140 Å². The standard InChI is InChI=1S/C19H30N2O2/c1-4-15-9-7-8-12-21(15)17(5-2)19(22)14-10-11-18(23-6-3)16(20)13-14/h10-11,13,15,17H,4-9,12,20H2,1-3H3. The zero-order chi connectivity index (χ0) is 16.8. The number of ketones is 1. The summed E-state index contributed by atoms with van der Waals surface area (Å²) in [6.45, 7) is 7.83. The molecule has 4 nitrogen and oxygen atoms in total. The molecule has 2 N–H and O–H groups in total. The third-order valence-corrected chi connectivity index (χ3v) is 4.83. The third-order valence-electron chi connectivity index (χ3n) is 4.83. The minimum absolute atomic E-state index is 0.0439. The molecular formula is C19H30N2O2. The van der Waals surface area contributed by atoms with Gasteiger partial charge >= 0.3 is 0 Å². The molecule has 2 atom stereocenters. The number of nitrogen functional groups attached to an aromatic ring is 1. The maximum atomic E-state index is 13.0. The summed E-state index contributed by atoms with van der Waals surface area (Å²) in [6, 6.07) is 5.90. The van der Waals surface area contributed by atoms with E-state index in [2.05, 4.69) is 18.7 Å². The summed E-state index contributed by atoms with van der Waals surface area (Å²) < 4.78 is 5.46. The predicted molar refractivity (Wildman–Crippen MR) is 95.1 cm³/mol. The summed E-state index contributed by atoms with van der Waals surface area (Å²) in [5.41, 5.74) is 7.26. The van der Waals surface area contributed by atoms with Crippen molar-refractivity contribution >= 4 is 11.5 Å². The van der Waals surface area contributed by atoms with Gasteiger partial charge in [0.2, 0.25) is 0 Å². The molecule has 1 saturated heterocycles. The number of anilines is 1. The fraction of sp³-hybridized carbons (Fsp3) is 0.632. The predicted octanol–water partition coefficient (Wildman–Crippen LogP) is 3.89. The highest BCUT2D eigenvalue weighted by Crippen LogP contribution is 2.27. The van der Waals surface area contributed by atoms with Crippen LogP contribution in [0.15, 0.2) is 18.2 Å². The molecule has 1 heterocycles. The summed E-state index contributed by atoms with van der Waals surface area (Å²) in [7, 11) is 0. The van der Waals surface area contributed by atoms with Crippen molar-refractivity contribution in [3.63, 3.8) is 0 Å². The molecule has 0 bridgehead atoms. The fourth-order valence-electron chi connectivity index (χ4n) is 3.62. The Hall–Kier alpha value is -1.55. The normalized spacial score (nSPS) is 20.2. The Balaban J connectivity index is 2.20. The molecule has 0 amide bonds. The van der Waals surface area contributed by atoms with Gasteiger partial charge in [-0.2, -0.15) is 0 Å². The zero-order valence-corrected chi connectivity index (χ0v) is 14.7. The Morgan fingerprint density at radius 2 is 2.13 bits per heavy atom. The fourth-order valence-corrected chi connectivity index (χ4v) is 3.62. The van der Waals surface area contributed by atoms with Crippen LogP contribution in [0.25, 0.3) is 0 Å². The van der Waals surface area contributed by atoms with E-state index in [0.29, 0.717) is 29.6 Å². The maximum absolute atomic E-state index is 13.0. The number of carbonyl (C=O) groups excluding carboxylic acids is 1. The quantitative estimate of drug-likeness (QED) is 0.612. The van der Waals surface area contributed by atoms with Gasteiger partial charge in [-0.1, -0.05) is 20.3 Å². The van der Waals surface area contributed by atoms with Crippen LogP contribution in [0.3, 0.4) is 0 Å². The zero-order valence-electron chi connectivity index (χ0n) is 14.7. The summed E-state index contributed by atoms with van der Waals surface area (Å²) in [5, 5.41) is 0. The number of hydrogen-bond acceptors (Lipinski definition) is 4. The van der Waals surface area contributed by atoms with E-state index in [1.807, 2.05) is 19.1 Å². The number of hydrogen-bond donors (Lipinski definition) is 1. The minimum Gasteiger partial charge on any atom is -0.492 e. The van der Waals surface area contributed by atoms with E-state index in [1.54, 1.807) is 6.07 Å². The van der Waals surface area contributed by atoms with Crippen LogP contribution in [0, 0.1) is 0 Å². The minimum atomic E-state index is -0.0439. The van der Waals surface area contributed by atoms with Crippen molar-refractivity contribution in [1.29, 1.82) is 0 Å². The molecule has 0 saturated carbocycles. The molecule has 23 heavy (non-hydrogen) atoms. The van der Waals surface area contributed by atoms with E-state index >= 15 is 0 Å². The first-order chi connectivity index (χ1) is 11.1. The number of rotatable bonds is 7. The van der Waals surface area contributed by atoms with Crippen molar-refractivity contribution in [3.05, 3.63) is 23.8 Å². The van der Waals surface area contributed by atoms with Crippen LogP contribution < -0.4 is 10.5 Å². The van der Waals surface area contributed by atoms with Gasteiger partial charge in [0, 0.05) is 11.6 Å². The highest BCUT2D eigenvalue weighted by atomic mass is 16.5. The summed E-state index contributed by atoms with van der Waals surface area (Å²) in [4.78, 5) is 15.4. The number of benzene rings is 1. The first-order valence-electron chi connectivity index (χ1n) is 8.94. The van der Waals surface area contributed by atoms with E-state index in [-0.39, 0.29) is 11.8 Å². The van der Waals surface area contributed by atoms with Gasteiger partial charge in [-0.05, 0) is 57.4 Å². The van der Waals surface area contributed by atoms with Crippen LogP contribution in [-0.4, -0.2) is 35.9 Å². The number of carbonyl (C=O) groups is 1. The van der Waals surface area contributed by atoms with E-state index in [1.165, 1.54) is 19.3 Å². The van der Waals surface area contributed by atoms with Crippen LogP contribution in [0.5, 0.6) is 5.75 Å². The van der Waals surface area contributed by atoms with Gasteiger partial charge in [-0.15, -0.1) is 0 Å². The maximum Gasteiger partial charge on any atom is 0.180 e. The number of Topliss-reactive ketones (excluding diaryl/α,β-unsaturated/α-hetero) is 1. The number of ether oxygens (including phenoxy) is 1. The van der Waals surface area contributed by atoms with E-state index < -0.39 is 0 Å². The van der Waals surface area contributed by atoms with Crippen LogP contribution in [0.4, 0.5) is 5.69 Å². The molecule has 0 aromatic heterocycles. The molecule has 1 aromatic rings. The largest absolute Gasteiger partial charge is 0.492 e.